The summed E-state index contributed by atoms with van der Waals surface area (Å²) in [6, 6.07) is 10.7. The van der Waals surface area contributed by atoms with E-state index in [1.54, 1.807) is 31.2 Å². The molecule has 0 saturated heterocycles. The molecule has 0 aliphatic rings. The molecule has 0 saturated carbocycles. The maximum Gasteiger partial charge on any atom is 0.312 e. The Bertz CT molecular complexity index is 966. The molecule has 3 rings (SSSR count). The van der Waals surface area contributed by atoms with Crippen molar-refractivity contribution in [3.8, 4) is 22.9 Å². The predicted octanol–water partition coefficient (Wildman–Crippen LogP) is 3.11. The van der Waals surface area contributed by atoms with Crippen LogP contribution in [0.4, 0.5) is 5.69 Å². The van der Waals surface area contributed by atoms with Crippen molar-refractivity contribution < 1.29 is 19.0 Å². The molecule has 1 aromatic heterocycles. The van der Waals surface area contributed by atoms with E-state index in [1.807, 2.05) is 0 Å². The molecule has 132 valence electrons. The molecule has 0 radical (unpaired) electrons. The van der Waals surface area contributed by atoms with Crippen LogP contribution in [0, 0.1) is 17.0 Å². The Balaban J connectivity index is 1.86. The van der Waals surface area contributed by atoms with Crippen LogP contribution in [-0.4, -0.2) is 28.0 Å². The van der Waals surface area contributed by atoms with Crippen molar-refractivity contribution >= 4 is 11.6 Å². The molecule has 1 N–H and O–H groups in total. The van der Waals surface area contributed by atoms with Gasteiger partial charge in [-0.15, -0.1) is 0 Å². The van der Waals surface area contributed by atoms with Crippen LogP contribution in [0.3, 0.4) is 0 Å². The van der Waals surface area contributed by atoms with Crippen LogP contribution < -0.4 is 10.1 Å². The maximum absolute atomic E-state index is 11.6. The van der Waals surface area contributed by atoms with E-state index in [1.165, 1.54) is 25.2 Å². The number of hydrogen-bond donors (Lipinski definition) is 1. The third-order valence-electron chi connectivity index (χ3n) is 3.51. The highest BCUT2D eigenvalue weighted by Crippen LogP contribution is 2.33. The summed E-state index contributed by atoms with van der Waals surface area (Å²) in [6.07, 6.45) is 0. The Kier molecular flexibility index (Phi) is 4.61. The van der Waals surface area contributed by atoms with Crippen LogP contribution in [0.5, 0.6) is 11.5 Å². The highest BCUT2D eigenvalue weighted by atomic mass is 16.6. The van der Waals surface area contributed by atoms with Gasteiger partial charge < -0.3 is 14.6 Å². The van der Waals surface area contributed by atoms with Crippen molar-refractivity contribution in [1.82, 2.24) is 15.5 Å². The van der Waals surface area contributed by atoms with Gasteiger partial charge in [-0.1, -0.05) is 5.16 Å². The fourth-order valence-corrected chi connectivity index (χ4v) is 2.25. The first-order valence-corrected chi connectivity index (χ1v) is 7.57. The summed E-state index contributed by atoms with van der Waals surface area (Å²) >= 11 is 0. The van der Waals surface area contributed by atoms with Gasteiger partial charge in [-0.3, -0.25) is 14.9 Å². The first-order chi connectivity index (χ1) is 12.5. The smallest absolute Gasteiger partial charge is 0.312 e. The lowest BCUT2D eigenvalue weighted by Crippen LogP contribution is -2.17. The van der Waals surface area contributed by atoms with Crippen LogP contribution in [0.2, 0.25) is 0 Å². The van der Waals surface area contributed by atoms with Crippen molar-refractivity contribution in [1.29, 1.82) is 0 Å². The van der Waals surface area contributed by atoms with Gasteiger partial charge in [-0.25, -0.2) is 0 Å². The van der Waals surface area contributed by atoms with E-state index in [0.29, 0.717) is 17.5 Å². The number of nitrogens with zero attached hydrogens (tertiary/aromatic N) is 3. The van der Waals surface area contributed by atoms with Crippen LogP contribution in [0.15, 0.2) is 47.0 Å². The van der Waals surface area contributed by atoms with Crippen LogP contribution in [0.1, 0.15) is 16.2 Å². The van der Waals surface area contributed by atoms with Gasteiger partial charge in [0.2, 0.25) is 17.5 Å². The molecular weight excluding hydrogens is 340 g/mol. The van der Waals surface area contributed by atoms with Gasteiger partial charge in [0.25, 0.3) is 5.91 Å². The van der Waals surface area contributed by atoms with Gasteiger partial charge in [0.15, 0.2) is 0 Å². The maximum atomic E-state index is 11.6. The molecule has 0 atom stereocenters. The molecule has 2 aromatic carbocycles. The van der Waals surface area contributed by atoms with Crippen LogP contribution in [-0.2, 0) is 0 Å². The second-order valence-electron chi connectivity index (χ2n) is 5.28. The zero-order chi connectivity index (χ0) is 18.7. The Labute approximate surface area is 147 Å². The fraction of sp³-hybridized carbons (Fsp3) is 0.118. The Hall–Kier alpha value is -3.75. The third kappa shape index (κ3) is 3.51. The summed E-state index contributed by atoms with van der Waals surface area (Å²) in [6.45, 7) is 1.69. The summed E-state index contributed by atoms with van der Waals surface area (Å²) < 4.78 is 10.5. The molecule has 0 fully saturated rings. The minimum absolute atomic E-state index is 0.0332. The second kappa shape index (κ2) is 7.01. The third-order valence-corrected chi connectivity index (χ3v) is 3.51. The van der Waals surface area contributed by atoms with Gasteiger partial charge in [0.05, 0.1) is 4.92 Å². The summed E-state index contributed by atoms with van der Waals surface area (Å²) in [4.78, 5) is 26.4. The van der Waals surface area contributed by atoms with Crippen molar-refractivity contribution in [3.05, 3.63) is 64.0 Å². The van der Waals surface area contributed by atoms with E-state index in [9.17, 15) is 14.9 Å². The number of carbonyl (C=O) groups excluding carboxylic acids is 1. The number of rotatable bonds is 5. The number of nitro benzene ring substituents is 1. The Morgan fingerprint density at radius 3 is 2.54 bits per heavy atom. The largest absolute Gasteiger partial charge is 0.450 e. The molecular formula is C17H14N4O5. The number of ether oxygens (including phenoxy) is 1. The Morgan fingerprint density at radius 1 is 1.23 bits per heavy atom. The molecule has 0 bridgehead atoms. The topological polar surface area (TPSA) is 120 Å². The number of aryl methyl sites for hydroxylation is 1. The number of nitro groups is 1. The van der Waals surface area contributed by atoms with E-state index in [2.05, 4.69) is 15.5 Å². The molecule has 0 aliphatic carbocycles. The number of aromatic nitrogens is 2. The van der Waals surface area contributed by atoms with Gasteiger partial charge in [0, 0.05) is 31.2 Å². The number of carbonyl (C=O) groups is 1. The lowest BCUT2D eigenvalue weighted by molar-refractivity contribution is -0.385. The number of hydrogen-bond acceptors (Lipinski definition) is 7. The van der Waals surface area contributed by atoms with E-state index < -0.39 is 10.8 Å². The van der Waals surface area contributed by atoms with Crippen LogP contribution in [0.25, 0.3) is 11.4 Å². The second-order valence-corrected chi connectivity index (χ2v) is 5.28. The molecule has 0 unspecified atom stereocenters. The summed E-state index contributed by atoms with van der Waals surface area (Å²) in [5.41, 5.74) is 0.594. The van der Waals surface area contributed by atoms with Gasteiger partial charge in [0.1, 0.15) is 5.75 Å². The average molecular weight is 354 g/mol. The van der Waals surface area contributed by atoms with Crippen LogP contribution >= 0.6 is 0 Å². The molecule has 9 heteroatoms. The first kappa shape index (κ1) is 17.1. The number of amides is 1. The van der Waals surface area contributed by atoms with Gasteiger partial charge in [-0.05, 0) is 36.4 Å². The van der Waals surface area contributed by atoms with E-state index in [0.717, 1.165) is 5.56 Å². The monoisotopic (exact) mass is 354 g/mol. The zero-order valence-electron chi connectivity index (χ0n) is 13.9. The van der Waals surface area contributed by atoms with Crippen molar-refractivity contribution in [2.45, 2.75) is 6.92 Å². The fourth-order valence-electron chi connectivity index (χ4n) is 2.25. The van der Waals surface area contributed by atoms with Crippen molar-refractivity contribution in [3.63, 3.8) is 0 Å². The highest BCUT2D eigenvalue weighted by molar-refractivity contribution is 5.95. The molecule has 3 aromatic rings. The molecule has 0 spiro atoms. The summed E-state index contributed by atoms with van der Waals surface area (Å²) in [5.74, 6) is 0.900. The van der Waals surface area contributed by atoms with Gasteiger partial charge in [-0.2, -0.15) is 4.98 Å². The summed E-state index contributed by atoms with van der Waals surface area (Å²) in [5, 5.41) is 17.5. The molecule has 0 aliphatic heterocycles. The van der Waals surface area contributed by atoms with Crippen molar-refractivity contribution in [2.24, 2.45) is 0 Å². The molecule has 9 nitrogen and oxygen atoms in total. The normalized spacial score (nSPS) is 10.4. The molecule has 1 amide bonds. The number of nitrogens with one attached hydrogen (secondary N) is 1. The first-order valence-electron chi connectivity index (χ1n) is 7.57. The number of benzene rings is 2. The quantitative estimate of drug-likeness (QED) is 0.552. The van der Waals surface area contributed by atoms with E-state index in [-0.39, 0.29) is 17.0 Å². The van der Waals surface area contributed by atoms with E-state index in [4.69, 9.17) is 9.26 Å². The minimum atomic E-state index is -0.599. The average Bonchev–Trinajstić information content (AvgIpc) is 3.08. The Morgan fingerprint density at radius 2 is 1.96 bits per heavy atom. The van der Waals surface area contributed by atoms with Crippen molar-refractivity contribution in [2.75, 3.05) is 7.05 Å². The van der Waals surface area contributed by atoms with Gasteiger partial charge >= 0.3 is 5.69 Å². The standard InChI is InChI=1S/C17H14N4O5/c1-10-19-16(20-26-10)11-3-6-13(7-4-11)25-15-8-5-12(17(22)18-2)9-14(15)21(23)24/h3-9H,1-2H3,(H,18,22). The highest BCUT2D eigenvalue weighted by Gasteiger charge is 2.19. The lowest BCUT2D eigenvalue weighted by atomic mass is 10.1. The molecule has 26 heavy (non-hydrogen) atoms. The summed E-state index contributed by atoms with van der Waals surface area (Å²) in [7, 11) is 1.45. The minimum Gasteiger partial charge on any atom is -0.450 e. The van der Waals surface area contributed by atoms with E-state index >= 15 is 0 Å². The predicted molar refractivity (Wildman–Crippen MR) is 91.0 cm³/mol. The molecule has 1 heterocycles. The lowest BCUT2D eigenvalue weighted by Gasteiger charge is -2.08. The zero-order valence-corrected chi connectivity index (χ0v) is 13.9. The SMILES string of the molecule is CNC(=O)c1ccc(Oc2ccc(-c3noc(C)n3)cc2)c([N+](=O)[O-])c1.